The lowest BCUT2D eigenvalue weighted by Gasteiger charge is -2.17. The van der Waals surface area contributed by atoms with Crippen LogP contribution in [-0.4, -0.2) is 24.2 Å². The molecule has 0 fully saturated rings. The first-order valence-corrected chi connectivity index (χ1v) is 21.2. The zero-order valence-corrected chi connectivity index (χ0v) is 36.6. The molecule has 0 aliphatic rings. The molecule has 8 aromatic carbocycles. The van der Waals surface area contributed by atoms with Gasteiger partial charge in [0.05, 0.1) is 7.11 Å². The number of carbonyl (C=O) groups is 2. The molecule has 0 aliphatic carbocycles. The van der Waals surface area contributed by atoms with Crippen LogP contribution in [0.5, 0.6) is 23.0 Å². The van der Waals surface area contributed by atoms with Gasteiger partial charge in [0.15, 0.2) is 0 Å². The lowest BCUT2D eigenvalue weighted by Crippen LogP contribution is -2.09. The molecule has 0 aromatic heterocycles. The van der Waals surface area contributed by atoms with Gasteiger partial charge in [-0.2, -0.15) is 0 Å². The Kier molecular flexibility index (Phi) is 15.4. The number of methoxy groups -OCH3 is 1. The molecule has 0 saturated carbocycles. The summed E-state index contributed by atoms with van der Waals surface area (Å²) in [6.45, 7) is 5.38. The first-order valence-electron chi connectivity index (χ1n) is 21.2. The van der Waals surface area contributed by atoms with Gasteiger partial charge in [0.25, 0.3) is 0 Å². The van der Waals surface area contributed by atoms with Gasteiger partial charge in [-0.15, -0.1) is 0 Å². The van der Waals surface area contributed by atoms with Crippen LogP contribution in [0, 0.1) is 13.8 Å². The van der Waals surface area contributed by atoms with Crippen LogP contribution in [0.4, 0.5) is 0 Å². The van der Waals surface area contributed by atoms with Crippen molar-refractivity contribution in [1.82, 2.24) is 0 Å². The predicted molar refractivity (Wildman–Crippen MR) is 255 cm³/mol. The first-order chi connectivity index (χ1) is 31.7. The Morgan fingerprint density at radius 2 is 0.738 bits per heavy atom. The van der Waals surface area contributed by atoms with Crippen LogP contribution in [0.3, 0.4) is 0 Å². The van der Waals surface area contributed by atoms with Gasteiger partial charge in [0, 0.05) is 23.3 Å². The minimum atomic E-state index is -1.04. The van der Waals surface area contributed by atoms with Gasteiger partial charge >= 0.3 is 11.9 Å². The maximum Gasteiger partial charge on any atom is 0.342 e. The van der Waals surface area contributed by atoms with Crippen molar-refractivity contribution in [2.45, 2.75) is 40.3 Å². The highest BCUT2D eigenvalue weighted by Gasteiger charge is 2.23. The predicted octanol–water partition coefficient (Wildman–Crippen LogP) is 13.1. The van der Waals surface area contributed by atoms with E-state index in [1.165, 1.54) is 7.11 Å². The van der Waals surface area contributed by atoms with Crippen molar-refractivity contribution in [2.75, 3.05) is 7.11 Å². The van der Waals surface area contributed by atoms with Gasteiger partial charge < -0.3 is 28.8 Å². The molecule has 8 heteroatoms. The highest BCUT2D eigenvalue weighted by Crippen LogP contribution is 2.38. The van der Waals surface area contributed by atoms with Crippen LogP contribution < -0.4 is 18.9 Å². The van der Waals surface area contributed by atoms with E-state index in [-0.39, 0.29) is 17.9 Å². The van der Waals surface area contributed by atoms with E-state index in [2.05, 4.69) is 0 Å². The average Bonchev–Trinajstić information content (AvgIpc) is 3.35. The number of carbonyl (C=O) groups excluding carboxylic acids is 1. The Morgan fingerprint density at radius 3 is 1.08 bits per heavy atom. The molecule has 0 radical (unpaired) electrons. The molecule has 0 aliphatic heterocycles. The van der Waals surface area contributed by atoms with Gasteiger partial charge in [-0.1, -0.05) is 181 Å². The summed E-state index contributed by atoms with van der Waals surface area (Å²) in [4.78, 5) is 25.1. The number of aryl methyl sites for hydroxylation is 2. The molecule has 1 N–H and O–H groups in total. The van der Waals surface area contributed by atoms with Crippen LogP contribution >= 0.6 is 0 Å². The summed E-state index contributed by atoms with van der Waals surface area (Å²) < 4.78 is 29.4. The fourth-order valence-electron chi connectivity index (χ4n) is 6.98. The third-order valence-corrected chi connectivity index (χ3v) is 10.5. The molecule has 8 nitrogen and oxygen atoms in total. The molecule has 0 amide bonds. The third kappa shape index (κ3) is 12.5. The minimum absolute atomic E-state index is 0.122. The molecular formula is C57H50O8. The van der Waals surface area contributed by atoms with Crippen molar-refractivity contribution in [2.24, 2.45) is 0 Å². The number of benzene rings is 8. The topological polar surface area (TPSA) is 101 Å². The van der Waals surface area contributed by atoms with E-state index in [1.54, 1.807) is 18.2 Å². The first kappa shape index (κ1) is 44.9. The molecule has 0 saturated heterocycles. The number of carboxylic acid groups (broad SMARTS) is 1. The Morgan fingerprint density at radius 1 is 0.415 bits per heavy atom. The summed E-state index contributed by atoms with van der Waals surface area (Å²) in [5.74, 6) is 0.374. The molecule has 0 spiro atoms. The van der Waals surface area contributed by atoms with E-state index in [0.717, 1.165) is 44.5 Å². The maximum atomic E-state index is 12.9. The standard InChI is InChI=1S/C29H26O4.C28H24O4/c1-21-13-15-24(16-14-21)26-17-25(32-19-22-9-5-3-6-10-22)18-27(28(26)29(30)31-2)33-20-23-11-7-4-8-12-23;1-20-12-14-23(15-13-20)25-16-24(31-18-21-8-4-2-5-9-21)17-26(27(25)28(29)30)32-19-22-10-6-3-7-11-22/h3-18H,19-20H2,1-2H3;2-17H,18-19H2,1H3,(H,29,30). The van der Waals surface area contributed by atoms with E-state index in [0.29, 0.717) is 53.8 Å². The minimum Gasteiger partial charge on any atom is -0.489 e. The van der Waals surface area contributed by atoms with Crippen molar-refractivity contribution < 1.29 is 38.4 Å². The van der Waals surface area contributed by atoms with Crippen molar-refractivity contribution >= 4 is 11.9 Å². The highest BCUT2D eigenvalue weighted by molar-refractivity contribution is 6.01. The van der Waals surface area contributed by atoms with E-state index in [9.17, 15) is 14.7 Å². The van der Waals surface area contributed by atoms with Crippen LogP contribution in [0.25, 0.3) is 22.3 Å². The summed E-state index contributed by atoms with van der Waals surface area (Å²) in [5.41, 5.74) is 9.72. The second-order valence-corrected chi connectivity index (χ2v) is 15.3. The molecule has 0 atom stereocenters. The lowest BCUT2D eigenvalue weighted by molar-refractivity contribution is 0.0595. The number of aromatic carboxylic acids is 1. The van der Waals surface area contributed by atoms with E-state index in [4.69, 9.17) is 23.7 Å². The van der Waals surface area contributed by atoms with Gasteiger partial charge in [-0.05, 0) is 59.4 Å². The molecule has 8 rings (SSSR count). The van der Waals surface area contributed by atoms with Crippen molar-refractivity contribution in [3.05, 3.63) is 239 Å². The summed E-state index contributed by atoms with van der Waals surface area (Å²) in [6.07, 6.45) is 0. The number of carboxylic acids is 1. The summed E-state index contributed by atoms with van der Waals surface area (Å²) >= 11 is 0. The smallest absolute Gasteiger partial charge is 0.342 e. The number of hydrogen-bond acceptors (Lipinski definition) is 7. The molecule has 0 unspecified atom stereocenters. The normalized spacial score (nSPS) is 10.5. The van der Waals surface area contributed by atoms with Gasteiger partial charge in [-0.3, -0.25) is 0 Å². The van der Waals surface area contributed by atoms with E-state index >= 15 is 0 Å². The number of ether oxygens (including phenoxy) is 5. The Labute approximate surface area is 380 Å². The Hall–Kier alpha value is -8.10. The zero-order valence-electron chi connectivity index (χ0n) is 36.6. The summed E-state index contributed by atoms with van der Waals surface area (Å²) in [7, 11) is 1.38. The second kappa shape index (κ2) is 22.3. The van der Waals surface area contributed by atoms with Crippen molar-refractivity contribution in [3.8, 4) is 45.3 Å². The number of rotatable bonds is 16. The lowest BCUT2D eigenvalue weighted by atomic mass is 9.97. The van der Waals surface area contributed by atoms with Gasteiger partial charge in [0.2, 0.25) is 0 Å². The maximum absolute atomic E-state index is 12.9. The SMILES string of the molecule is COC(=O)c1c(OCc2ccccc2)cc(OCc2ccccc2)cc1-c1ccc(C)cc1.Cc1ccc(-c2cc(OCc3ccccc3)cc(OCc3ccccc3)c2C(=O)O)cc1. The van der Waals surface area contributed by atoms with Gasteiger partial charge in [-0.25, -0.2) is 9.59 Å². The Balaban J connectivity index is 0.000000194. The largest absolute Gasteiger partial charge is 0.489 e. The van der Waals surface area contributed by atoms with Crippen LogP contribution in [0.2, 0.25) is 0 Å². The fraction of sp³-hybridized carbons (Fsp3) is 0.123. The molecule has 326 valence electrons. The summed E-state index contributed by atoms with van der Waals surface area (Å²) in [6, 6.07) is 62.1. The molecule has 65 heavy (non-hydrogen) atoms. The second-order valence-electron chi connectivity index (χ2n) is 15.3. The van der Waals surface area contributed by atoms with Gasteiger partial charge in [0.1, 0.15) is 60.6 Å². The van der Waals surface area contributed by atoms with Crippen LogP contribution in [0.1, 0.15) is 54.1 Å². The number of esters is 1. The highest BCUT2D eigenvalue weighted by atomic mass is 16.5. The third-order valence-electron chi connectivity index (χ3n) is 10.5. The zero-order chi connectivity index (χ0) is 45.4. The van der Waals surface area contributed by atoms with Crippen LogP contribution in [-0.2, 0) is 31.2 Å². The molecule has 8 aromatic rings. The van der Waals surface area contributed by atoms with Crippen LogP contribution in [0.15, 0.2) is 194 Å². The fourth-order valence-corrected chi connectivity index (χ4v) is 6.98. The van der Waals surface area contributed by atoms with E-state index < -0.39 is 11.9 Å². The molecular weight excluding hydrogens is 813 g/mol. The average molecular weight is 863 g/mol. The van der Waals surface area contributed by atoms with E-state index in [1.807, 2.05) is 190 Å². The van der Waals surface area contributed by atoms with Crippen molar-refractivity contribution in [3.63, 3.8) is 0 Å². The quantitative estimate of drug-likeness (QED) is 0.0959. The molecule has 0 bridgehead atoms. The monoisotopic (exact) mass is 862 g/mol. The number of hydrogen-bond donors (Lipinski definition) is 1. The van der Waals surface area contributed by atoms with Crippen molar-refractivity contribution in [1.29, 1.82) is 0 Å². The Bertz CT molecular complexity index is 2770. The molecule has 0 heterocycles. The summed E-state index contributed by atoms with van der Waals surface area (Å²) in [5, 5.41) is 10.0.